The maximum absolute atomic E-state index is 12.6. The van der Waals surface area contributed by atoms with Crippen LogP contribution >= 0.6 is 23.2 Å². The van der Waals surface area contributed by atoms with E-state index in [4.69, 9.17) is 23.2 Å². The van der Waals surface area contributed by atoms with Gasteiger partial charge in [0.2, 0.25) is 0 Å². The fourth-order valence-electron chi connectivity index (χ4n) is 3.05. The van der Waals surface area contributed by atoms with Crippen molar-refractivity contribution in [1.82, 2.24) is 15.3 Å². The van der Waals surface area contributed by atoms with E-state index in [0.29, 0.717) is 22.3 Å². The molecule has 0 saturated heterocycles. The average molecular weight is 384 g/mol. The van der Waals surface area contributed by atoms with E-state index in [-0.39, 0.29) is 5.91 Å². The van der Waals surface area contributed by atoms with Gasteiger partial charge in [-0.05, 0) is 36.8 Å². The number of carbonyl (C=O) groups is 1. The largest absolute Gasteiger partial charge is 0.353 e. The molecular weight excluding hydrogens is 369 g/mol. The van der Waals surface area contributed by atoms with E-state index in [1.54, 1.807) is 18.2 Å². The minimum absolute atomic E-state index is 0.244. The number of hydrogen-bond donors (Lipinski definition) is 2. The maximum atomic E-state index is 12.6. The topological polar surface area (TPSA) is 57.8 Å². The Morgan fingerprint density at radius 1 is 1.12 bits per heavy atom. The van der Waals surface area contributed by atoms with Gasteiger partial charge in [-0.25, -0.2) is 4.98 Å². The summed E-state index contributed by atoms with van der Waals surface area (Å²) in [6.07, 6.45) is 0. The number of fused-ring (bicyclic) bond motifs is 3. The van der Waals surface area contributed by atoms with Crippen molar-refractivity contribution >= 4 is 50.9 Å². The Morgan fingerprint density at radius 2 is 1.92 bits per heavy atom. The van der Waals surface area contributed by atoms with Gasteiger partial charge in [-0.15, -0.1) is 0 Å². The number of aromatic amines is 1. The number of para-hydroxylation sites is 1. The molecule has 0 aliphatic carbocycles. The van der Waals surface area contributed by atoms with Gasteiger partial charge in [0, 0.05) is 32.9 Å². The molecule has 4 rings (SSSR count). The van der Waals surface area contributed by atoms with E-state index in [1.807, 2.05) is 37.3 Å². The molecule has 1 amide bonds. The van der Waals surface area contributed by atoms with Gasteiger partial charge in [0.25, 0.3) is 5.91 Å². The first-order chi connectivity index (χ1) is 12.5. The van der Waals surface area contributed by atoms with E-state index < -0.39 is 0 Å². The van der Waals surface area contributed by atoms with E-state index in [2.05, 4.69) is 15.3 Å². The first-order valence-corrected chi connectivity index (χ1v) is 8.89. The second-order valence-electron chi connectivity index (χ2n) is 6.10. The Balaban J connectivity index is 1.65. The summed E-state index contributed by atoms with van der Waals surface area (Å²) in [6.45, 7) is 2.20. The number of pyridine rings is 1. The summed E-state index contributed by atoms with van der Waals surface area (Å²) in [5.41, 5.74) is 3.94. The van der Waals surface area contributed by atoms with Crippen molar-refractivity contribution in [1.29, 1.82) is 0 Å². The molecule has 0 saturated carbocycles. The van der Waals surface area contributed by atoms with Gasteiger partial charge in [0.15, 0.2) is 0 Å². The van der Waals surface area contributed by atoms with Gasteiger partial charge in [-0.3, -0.25) is 4.79 Å². The van der Waals surface area contributed by atoms with Crippen LogP contribution in [0.5, 0.6) is 0 Å². The van der Waals surface area contributed by atoms with Crippen molar-refractivity contribution in [3.63, 3.8) is 0 Å². The smallest absolute Gasteiger partial charge is 0.270 e. The zero-order chi connectivity index (χ0) is 18.3. The van der Waals surface area contributed by atoms with Crippen LogP contribution in [0.2, 0.25) is 10.0 Å². The standard InChI is InChI=1S/C20H15Cl2N3O/c1-11-19-15(14-4-2-3-5-17(14)25-19)9-18(24-11)20(26)23-10-12-6-7-13(21)8-16(12)22/h2-9,25H,10H2,1H3,(H,23,26). The molecule has 0 radical (unpaired) electrons. The summed E-state index contributed by atoms with van der Waals surface area (Å²) in [7, 11) is 0. The van der Waals surface area contributed by atoms with Gasteiger partial charge in [0.1, 0.15) is 5.69 Å². The van der Waals surface area contributed by atoms with Crippen LogP contribution in [0, 0.1) is 6.92 Å². The SMILES string of the molecule is Cc1nc(C(=O)NCc2ccc(Cl)cc2Cl)cc2c1[nH]c1ccccc12. The predicted octanol–water partition coefficient (Wildman–Crippen LogP) is 5.26. The molecule has 4 aromatic rings. The molecule has 6 heteroatoms. The number of benzene rings is 2. The summed E-state index contributed by atoms with van der Waals surface area (Å²) in [5.74, 6) is -0.244. The Labute approximate surface area is 160 Å². The highest BCUT2D eigenvalue weighted by molar-refractivity contribution is 6.35. The predicted molar refractivity (Wildman–Crippen MR) is 106 cm³/mol. The Hall–Kier alpha value is -2.56. The molecule has 2 N–H and O–H groups in total. The summed E-state index contributed by atoms with van der Waals surface area (Å²) in [6, 6.07) is 15.0. The van der Waals surface area contributed by atoms with Crippen LogP contribution < -0.4 is 5.32 Å². The Bertz CT molecular complexity index is 1150. The third-order valence-corrected chi connectivity index (χ3v) is 4.95. The van der Waals surface area contributed by atoms with E-state index >= 15 is 0 Å². The molecule has 0 unspecified atom stereocenters. The average Bonchev–Trinajstić information content (AvgIpc) is 3.00. The van der Waals surface area contributed by atoms with Crippen molar-refractivity contribution in [2.75, 3.05) is 0 Å². The number of H-pyrrole nitrogens is 1. The lowest BCUT2D eigenvalue weighted by atomic mass is 10.1. The lowest BCUT2D eigenvalue weighted by molar-refractivity contribution is 0.0946. The third kappa shape index (κ3) is 3.02. The van der Waals surface area contributed by atoms with E-state index in [9.17, 15) is 4.79 Å². The molecule has 0 aliphatic heterocycles. The zero-order valence-corrected chi connectivity index (χ0v) is 15.4. The fourth-order valence-corrected chi connectivity index (χ4v) is 3.53. The van der Waals surface area contributed by atoms with E-state index in [1.165, 1.54) is 0 Å². The van der Waals surface area contributed by atoms with Gasteiger partial charge < -0.3 is 10.3 Å². The fraction of sp³-hybridized carbons (Fsp3) is 0.100. The Morgan fingerprint density at radius 3 is 2.73 bits per heavy atom. The van der Waals surface area contributed by atoms with Crippen molar-refractivity contribution in [2.45, 2.75) is 13.5 Å². The highest BCUT2D eigenvalue weighted by Gasteiger charge is 2.14. The number of amides is 1. The van der Waals surface area contributed by atoms with Gasteiger partial charge in [-0.1, -0.05) is 47.5 Å². The number of hydrogen-bond acceptors (Lipinski definition) is 2. The number of nitrogens with zero attached hydrogens (tertiary/aromatic N) is 1. The number of carbonyl (C=O) groups excluding carboxylic acids is 1. The molecule has 0 fully saturated rings. The normalized spacial score (nSPS) is 11.2. The van der Waals surface area contributed by atoms with Crippen molar-refractivity contribution in [2.24, 2.45) is 0 Å². The molecule has 26 heavy (non-hydrogen) atoms. The van der Waals surface area contributed by atoms with Crippen LogP contribution in [0.1, 0.15) is 21.7 Å². The number of aryl methyl sites for hydroxylation is 1. The first-order valence-electron chi connectivity index (χ1n) is 8.13. The second kappa shape index (κ2) is 6.63. The number of nitrogens with one attached hydrogen (secondary N) is 2. The highest BCUT2D eigenvalue weighted by Crippen LogP contribution is 2.27. The summed E-state index contributed by atoms with van der Waals surface area (Å²) in [4.78, 5) is 20.4. The summed E-state index contributed by atoms with van der Waals surface area (Å²) >= 11 is 12.1. The van der Waals surface area contributed by atoms with Crippen LogP contribution in [0.4, 0.5) is 0 Å². The lowest BCUT2D eigenvalue weighted by Crippen LogP contribution is -2.24. The number of rotatable bonds is 3. The Kier molecular flexibility index (Phi) is 4.31. The molecule has 2 aromatic carbocycles. The minimum Gasteiger partial charge on any atom is -0.353 e. The monoisotopic (exact) mass is 383 g/mol. The van der Waals surface area contributed by atoms with Crippen LogP contribution in [-0.4, -0.2) is 15.9 Å². The number of halogens is 2. The molecular formula is C20H15Cl2N3O. The molecule has 0 atom stereocenters. The highest BCUT2D eigenvalue weighted by atomic mass is 35.5. The first kappa shape index (κ1) is 16.9. The van der Waals surface area contributed by atoms with E-state index in [0.717, 1.165) is 33.1 Å². The molecule has 0 aliphatic rings. The van der Waals surface area contributed by atoms with Gasteiger partial charge in [0.05, 0.1) is 11.2 Å². The summed E-state index contributed by atoms with van der Waals surface area (Å²) < 4.78 is 0. The zero-order valence-electron chi connectivity index (χ0n) is 13.9. The van der Waals surface area contributed by atoms with Crippen molar-refractivity contribution in [3.05, 3.63) is 75.5 Å². The van der Waals surface area contributed by atoms with Crippen molar-refractivity contribution < 1.29 is 4.79 Å². The van der Waals surface area contributed by atoms with Gasteiger partial charge in [-0.2, -0.15) is 0 Å². The van der Waals surface area contributed by atoms with Crippen LogP contribution in [0.15, 0.2) is 48.5 Å². The van der Waals surface area contributed by atoms with Gasteiger partial charge >= 0.3 is 0 Å². The molecule has 0 spiro atoms. The third-order valence-electron chi connectivity index (χ3n) is 4.36. The lowest BCUT2D eigenvalue weighted by Gasteiger charge is -2.08. The maximum Gasteiger partial charge on any atom is 0.270 e. The summed E-state index contributed by atoms with van der Waals surface area (Å²) in [5, 5.41) is 6.01. The molecule has 0 bridgehead atoms. The molecule has 4 nitrogen and oxygen atoms in total. The van der Waals surface area contributed by atoms with Crippen molar-refractivity contribution in [3.8, 4) is 0 Å². The van der Waals surface area contributed by atoms with Crippen LogP contribution in [0.25, 0.3) is 21.8 Å². The number of aromatic nitrogens is 2. The molecule has 130 valence electrons. The second-order valence-corrected chi connectivity index (χ2v) is 6.95. The minimum atomic E-state index is -0.244. The van der Waals surface area contributed by atoms with Crippen LogP contribution in [-0.2, 0) is 6.54 Å². The molecule has 2 aromatic heterocycles. The quantitative estimate of drug-likeness (QED) is 0.506. The molecule has 2 heterocycles. The van der Waals surface area contributed by atoms with Crippen LogP contribution in [0.3, 0.4) is 0 Å².